The molecule has 2 rings (SSSR count). The molecule has 1 aromatic carbocycles. The molecule has 4 heteroatoms. The van der Waals surface area contributed by atoms with Crippen LogP contribution in [-0.2, 0) is 10.2 Å². The van der Waals surface area contributed by atoms with Crippen molar-refractivity contribution in [3.05, 3.63) is 35.4 Å². The smallest absolute Gasteiger partial charge is 0.238 e. The summed E-state index contributed by atoms with van der Waals surface area (Å²) in [5, 5.41) is 6.27. The molecular weight excluding hydrogens is 268 g/mol. The van der Waals surface area contributed by atoms with Crippen LogP contribution in [0, 0.1) is 0 Å². The van der Waals surface area contributed by atoms with E-state index in [-0.39, 0.29) is 23.4 Å². The second-order valence-corrected chi connectivity index (χ2v) is 7.40. The highest BCUT2D eigenvalue weighted by Crippen LogP contribution is 2.24. The lowest BCUT2D eigenvalue weighted by Gasteiger charge is -2.21. The van der Waals surface area contributed by atoms with E-state index in [1.807, 2.05) is 6.92 Å². The number of hydrogen-bond acceptors (Lipinski definition) is 3. The zero-order valence-corrected chi connectivity index (χ0v) is 13.5. The predicted octanol–water partition coefficient (Wildman–Crippen LogP) is 2.82. The summed E-state index contributed by atoms with van der Waals surface area (Å²) in [6, 6.07) is 8.54. The van der Waals surface area contributed by atoms with E-state index in [4.69, 9.17) is 0 Å². The Labute approximate surface area is 125 Å². The molecule has 0 spiro atoms. The van der Waals surface area contributed by atoms with Gasteiger partial charge in [0.2, 0.25) is 5.91 Å². The van der Waals surface area contributed by atoms with E-state index < -0.39 is 0 Å². The van der Waals surface area contributed by atoms with Crippen LogP contribution in [0.1, 0.15) is 44.9 Å². The van der Waals surface area contributed by atoms with Crippen molar-refractivity contribution in [2.45, 2.75) is 45.2 Å². The minimum Gasteiger partial charge on any atom is -0.348 e. The molecule has 20 heavy (non-hydrogen) atoms. The number of rotatable bonds is 3. The van der Waals surface area contributed by atoms with E-state index in [0.717, 1.165) is 17.2 Å². The molecule has 1 aromatic rings. The number of nitrogens with one attached hydrogen (secondary N) is 2. The van der Waals surface area contributed by atoms with Gasteiger partial charge in [0.25, 0.3) is 0 Å². The molecule has 0 saturated carbocycles. The van der Waals surface area contributed by atoms with Crippen LogP contribution in [0.2, 0.25) is 0 Å². The van der Waals surface area contributed by atoms with Gasteiger partial charge in [-0.15, -0.1) is 11.8 Å². The number of thioether (sulfide) groups is 1. The van der Waals surface area contributed by atoms with Gasteiger partial charge in [-0.25, -0.2) is 0 Å². The molecule has 1 aliphatic rings. The number of benzene rings is 1. The van der Waals surface area contributed by atoms with Gasteiger partial charge in [-0.2, -0.15) is 0 Å². The van der Waals surface area contributed by atoms with Gasteiger partial charge in [-0.05, 0) is 23.5 Å². The van der Waals surface area contributed by atoms with Crippen LogP contribution in [0.25, 0.3) is 0 Å². The fourth-order valence-corrected chi connectivity index (χ4v) is 3.17. The van der Waals surface area contributed by atoms with Crippen LogP contribution < -0.4 is 10.6 Å². The van der Waals surface area contributed by atoms with E-state index in [1.54, 1.807) is 11.8 Å². The summed E-state index contributed by atoms with van der Waals surface area (Å²) < 4.78 is 0. The second kappa shape index (κ2) is 6.19. The van der Waals surface area contributed by atoms with Crippen molar-refractivity contribution in [1.82, 2.24) is 10.6 Å². The maximum absolute atomic E-state index is 12.1. The summed E-state index contributed by atoms with van der Waals surface area (Å²) in [6.07, 6.45) is 0. The standard InChI is InChI=1S/C16H24N2OS/c1-11(18-15(19)14-9-20-10-17-14)12-5-7-13(8-6-12)16(2,3)4/h5-8,11,14,17H,9-10H2,1-4H3,(H,18,19). The van der Waals surface area contributed by atoms with Crippen LogP contribution in [-0.4, -0.2) is 23.6 Å². The summed E-state index contributed by atoms with van der Waals surface area (Å²) in [6.45, 7) is 8.65. The Morgan fingerprint density at radius 1 is 1.35 bits per heavy atom. The maximum Gasteiger partial charge on any atom is 0.238 e. The zero-order chi connectivity index (χ0) is 14.8. The van der Waals surface area contributed by atoms with Crippen LogP contribution >= 0.6 is 11.8 Å². The first-order valence-electron chi connectivity index (χ1n) is 7.10. The number of hydrogen-bond donors (Lipinski definition) is 2. The van der Waals surface area contributed by atoms with Gasteiger partial charge in [0.1, 0.15) is 0 Å². The van der Waals surface area contributed by atoms with Crippen molar-refractivity contribution < 1.29 is 4.79 Å². The molecular formula is C16H24N2OS. The predicted molar refractivity (Wildman–Crippen MR) is 85.9 cm³/mol. The first-order valence-corrected chi connectivity index (χ1v) is 8.25. The third-order valence-electron chi connectivity index (χ3n) is 3.67. The van der Waals surface area contributed by atoms with Crippen LogP contribution in [0.5, 0.6) is 0 Å². The van der Waals surface area contributed by atoms with E-state index in [2.05, 4.69) is 55.7 Å². The Hall–Kier alpha value is -1.00. The molecule has 1 heterocycles. The lowest BCUT2D eigenvalue weighted by molar-refractivity contribution is -0.123. The molecule has 1 saturated heterocycles. The van der Waals surface area contributed by atoms with E-state index in [0.29, 0.717) is 0 Å². The first-order chi connectivity index (χ1) is 9.38. The van der Waals surface area contributed by atoms with Crippen molar-refractivity contribution in [3.63, 3.8) is 0 Å². The number of carbonyl (C=O) groups is 1. The minimum absolute atomic E-state index is 0.0451. The molecule has 2 atom stereocenters. The fraction of sp³-hybridized carbons (Fsp3) is 0.562. The van der Waals surface area contributed by atoms with Crippen LogP contribution in [0.3, 0.4) is 0 Å². The summed E-state index contributed by atoms with van der Waals surface area (Å²) >= 11 is 1.77. The van der Waals surface area contributed by atoms with E-state index >= 15 is 0 Å². The Bertz CT molecular complexity index is 458. The monoisotopic (exact) mass is 292 g/mol. The van der Waals surface area contributed by atoms with Crippen molar-refractivity contribution >= 4 is 17.7 Å². The molecule has 1 aliphatic heterocycles. The highest BCUT2D eigenvalue weighted by molar-refractivity contribution is 7.99. The molecule has 2 N–H and O–H groups in total. The van der Waals surface area contributed by atoms with Gasteiger partial charge in [0, 0.05) is 11.6 Å². The van der Waals surface area contributed by atoms with Gasteiger partial charge in [0.05, 0.1) is 12.1 Å². The van der Waals surface area contributed by atoms with Gasteiger partial charge in [-0.1, -0.05) is 45.0 Å². The molecule has 110 valence electrons. The lowest BCUT2D eigenvalue weighted by Crippen LogP contribution is -2.42. The molecule has 2 unspecified atom stereocenters. The van der Waals surface area contributed by atoms with Gasteiger partial charge in [0.15, 0.2) is 0 Å². The Kier molecular flexibility index (Phi) is 4.76. The maximum atomic E-state index is 12.1. The SMILES string of the molecule is CC(NC(=O)C1CSCN1)c1ccc(C(C)(C)C)cc1. The molecule has 0 aromatic heterocycles. The highest BCUT2D eigenvalue weighted by atomic mass is 32.2. The highest BCUT2D eigenvalue weighted by Gasteiger charge is 2.24. The zero-order valence-electron chi connectivity index (χ0n) is 12.7. The largest absolute Gasteiger partial charge is 0.348 e. The molecule has 0 aliphatic carbocycles. The van der Waals surface area contributed by atoms with Crippen molar-refractivity contribution in [2.75, 3.05) is 11.6 Å². The van der Waals surface area contributed by atoms with E-state index in [9.17, 15) is 4.79 Å². The third-order valence-corrected chi connectivity index (χ3v) is 4.61. The molecule has 0 radical (unpaired) electrons. The topological polar surface area (TPSA) is 41.1 Å². The molecule has 1 amide bonds. The average Bonchev–Trinajstić information content (AvgIpc) is 2.91. The molecule has 0 bridgehead atoms. The molecule has 1 fully saturated rings. The summed E-state index contributed by atoms with van der Waals surface area (Å²) in [4.78, 5) is 12.1. The summed E-state index contributed by atoms with van der Waals surface area (Å²) in [5.41, 5.74) is 2.63. The summed E-state index contributed by atoms with van der Waals surface area (Å²) in [5.74, 6) is 1.83. The third kappa shape index (κ3) is 3.76. The van der Waals surface area contributed by atoms with E-state index in [1.165, 1.54) is 5.56 Å². The van der Waals surface area contributed by atoms with Crippen molar-refractivity contribution in [3.8, 4) is 0 Å². The number of carbonyl (C=O) groups excluding carboxylic acids is 1. The average molecular weight is 292 g/mol. The van der Waals surface area contributed by atoms with Crippen LogP contribution in [0.4, 0.5) is 0 Å². The Morgan fingerprint density at radius 3 is 2.50 bits per heavy atom. The second-order valence-electron chi connectivity index (χ2n) is 6.37. The fourth-order valence-electron chi connectivity index (χ4n) is 2.23. The first kappa shape index (κ1) is 15.4. The van der Waals surface area contributed by atoms with Gasteiger partial charge in [-0.3, -0.25) is 10.1 Å². The quantitative estimate of drug-likeness (QED) is 0.900. The van der Waals surface area contributed by atoms with Crippen molar-refractivity contribution in [1.29, 1.82) is 0 Å². The summed E-state index contributed by atoms with van der Waals surface area (Å²) in [7, 11) is 0. The van der Waals surface area contributed by atoms with Gasteiger partial charge < -0.3 is 5.32 Å². The normalized spacial score (nSPS) is 20.7. The van der Waals surface area contributed by atoms with Gasteiger partial charge >= 0.3 is 0 Å². The molecule has 3 nitrogen and oxygen atoms in total. The van der Waals surface area contributed by atoms with Crippen LogP contribution in [0.15, 0.2) is 24.3 Å². The number of amides is 1. The Balaban J connectivity index is 1.98. The minimum atomic E-state index is -0.0451. The Morgan fingerprint density at radius 2 is 2.00 bits per heavy atom. The lowest BCUT2D eigenvalue weighted by atomic mass is 9.86. The van der Waals surface area contributed by atoms with Crippen molar-refractivity contribution in [2.24, 2.45) is 0 Å².